The first kappa shape index (κ1) is 42.1. The van der Waals surface area contributed by atoms with Gasteiger partial charge in [0, 0.05) is 54.9 Å². The number of imidazole rings is 1. The topological polar surface area (TPSA) is 279 Å². The number of fused-ring (bicyclic) bond motifs is 1. The molecule has 0 saturated carbocycles. The first-order chi connectivity index (χ1) is 25.2. The Morgan fingerprint density at radius 1 is 0.852 bits per heavy atom. The molecule has 0 saturated heterocycles. The number of carboxylic acid groups (broad SMARTS) is 2. The van der Waals surface area contributed by atoms with Crippen LogP contribution in [0, 0.1) is 5.92 Å². The number of nitrogens with zero attached hydrogens (tertiary/aromatic N) is 1. The quantitative estimate of drug-likeness (QED) is 0.0845. The molecule has 8 N–H and O–H groups in total. The highest BCUT2D eigenvalue weighted by atomic mass is 19.4. The van der Waals surface area contributed by atoms with Crippen molar-refractivity contribution in [2.75, 3.05) is 5.32 Å². The number of carboxylic acids is 2. The van der Waals surface area contributed by atoms with Gasteiger partial charge in [-0.25, -0.2) is 9.78 Å². The number of benzene rings is 1. The summed E-state index contributed by atoms with van der Waals surface area (Å²) in [5.74, 6) is -7.61. The molecule has 292 valence electrons. The van der Waals surface area contributed by atoms with Gasteiger partial charge in [0.15, 0.2) is 0 Å². The Morgan fingerprint density at radius 2 is 1.48 bits per heavy atom. The summed E-state index contributed by atoms with van der Waals surface area (Å²) in [6.07, 6.45) is -4.58. The van der Waals surface area contributed by atoms with Crippen LogP contribution in [0.3, 0.4) is 0 Å². The molecule has 3 aromatic rings. The van der Waals surface area contributed by atoms with Crippen LogP contribution in [0.1, 0.15) is 57.7 Å². The number of alkyl halides is 3. The predicted molar refractivity (Wildman–Crippen MR) is 180 cm³/mol. The number of aromatic nitrogens is 2. The van der Waals surface area contributed by atoms with Crippen molar-refractivity contribution in [3.05, 3.63) is 58.5 Å². The summed E-state index contributed by atoms with van der Waals surface area (Å²) in [7, 11) is 0. The monoisotopic (exact) mass is 765 g/mol. The molecule has 0 fully saturated rings. The van der Waals surface area contributed by atoms with Gasteiger partial charge in [0.25, 0.3) is 0 Å². The molecule has 0 unspecified atom stereocenters. The van der Waals surface area contributed by atoms with Gasteiger partial charge in [0.2, 0.25) is 29.5 Å². The number of anilines is 1. The fourth-order valence-electron chi connectivity index (χ4n) is 5.22. The summed E-state index contributed by atoms with van der Waals surface area (Å²) in [5.41, 5.74) is -3.12. The van der Waals surface area contributed by atoms with E-state index >= 15 is 0 Å². The number of hydrogen-bond donors (Lipinski definition) is 8. The van der Waals surface area contributed by atoms with Crippen LogP contribution in [0.15, 0.2) is 46.0 Å². The lowest BCUT2D eigenvalue weighted by atomic mass is 10.0. The maximum absolute atomic E-state index is 13.6. The van der Waals surface area contributed by atoms with Crippen LogP contribution in [0.2, 0.25) is 0 Å². The Morgan fingerprint density at radius 3 is 2.06 bits per heavy atom. The van der Waals surface area contributed by atoms with Crippen molar-refractivity contribution in [2.24, 2.45) is 5.92 Å². The zero-order valence-electron chi connectivity index (χ0n) is 29.0. The summed E-state index contributed by atoms with van der Waals surface area (Å²) >= 11 is 0. The Labute approximate surface area is 303 Å². The molecular weight excluding hydrogens is 727 g/mol. The first-order valence-electron chi connectivity index (χ1n) is 16.3. The molecular formula is C33H38F3N7O11. The van der Waals surface area contributed by atoms with Crippen molar-refractivity contribution in [1.29, 1.82) is 0 Å². The van der Waals surface area contributed by atoms with Gasteiger partial charge in [0.1, 0.15) is 29.8 Å². The lowest BCUT2D eigenvalue weighted by Gasteiger charge is -2.26. The van der Waals surface area contributed by atoms with Crippen LogP contribution in [-0.4, -0.2) is 85.8 Å². The van der Waals surface area contributed by atoms with Crippen molar-refractivity contribution in [3.63, 3.8) is 0 Å². The number of halogens is 3. The summed E-state index contributed by atoms with van der Waals surface area (Å²) < 4.78 is 45.3. The van der Waals surface area contributed by atoms with Crippen LogP contribution in [0.5, 0.6) is 0 Å². The molecule has 5 amide bonds. The minimum Gasteiger partial charge on any atom is -0.481 e. The van der Waals surface area contributed by atoms with E-state index in [-0.39, 0.29) is 36.2 Å². The summed E-state index contributed by atoms with van der Waals surface area (Å²) in [5, 5.41) is 30.0. The molecule has 18 nitrogen and oxygen atoms in total. The number of hydrogen-bond acceptors (Lipinski definition) is 10. The van der Waals surface area contributed by atoms with Gasteiger partial charge in [0.05, 0.1) is 18.3 Å². The highest BCUT2D eigenvalue weighted by molar-refractivity contribution is 6.01. The van der Waals surface area contributed by atoms with E-state index in [1.165, 1.54) is 19.4 Å². The number of nitrogens with one attached hydrogen (secondary N) is 6. The van der Waals surface area contributed by atoms with Gasteiger partial charge >= 0.3 is 23.7 Å². The van der Waals surface area contributed by atoms with E-state index in [1.54, 1.807) is 13.8 Å². The Kier molecular flexibility index (Phi) is 14.4. The molecule has 54 heavy (non-hydrogen) atoms. The number of carbonyl (C=O) groups excluding carboxylic acids is 5. The smallest absolute Gasteiger partial charge is 0.417 e. The van der Waals surface area contributed by atoms with E-state index in [4.69, 9.17) is 4.42 Å². The summed E-state index contributed by atoms with van der Waals surface area (Å²) in [6.45, 7) is 4.74. The fourth-order valence-corrected chi connectivity index (χ4v) is 5.22. The largest absolute Gasteiger partial charge is 0.481 e. The van der Waals surface area contributed by atoms with Crippen molar-refractivity contribution in [1.82, 2.24) is 31.2 Å². The van der Waals surface area contributed by atoms with E-state index in [1.807, 2.05) is 0 Å². The van der Waals surface area contributed by atoms with E-state index < -0.39 is 113 Å². The average molecular weight is 766 g/mol. The Balaban J connectivity index is 1.88. The molecule has 2 aromatic heterocycles. The lowest BCUT2D eigenvalue weighted by Crippen LogP contribution is -2.58. The van der Waals surface area contributed by atoms with Gasteiger partial charge < -0.3 is 46.2 Å². The van der Waals surface area contributed by atoms with E-state index in [0.717, 1.165) is 18.2 Å². The molecule has 4 atom stereocenters. The van der Waals surface area contributed by atoms with E-state index in [0.29, 0.717) is 0 Å². The van der Waals surface area contributed by atoms with Crippen LogP contribution < -0.4 is 32.2 Å². The third-order valence-corrected chi connectivity index (χ3v) is 7.62. The second kappa shape index (κ2) is 18.5. The lowest BCUT2D eigenvalue weighted by molar-refractivity contribution is -0.140. The van der Waals surface area contributed by atoms with Gasteiger partial charge in [-0.15, -0.1) is 0 Å². The van der Waals surface area contributed by atoms with Crippen LogP contribution in [0.25, 0.3) is 11.0 Å². The van der Waals surface area contributed by atoms with Gasteiger partial charge in [-0.3, -0.25) is 33.6 Å². The normalized spacial score (nSPS) is 13.6. The molecule has 2 heterocycles. The first-order valence-corrected chi connectivity index (χ1v) is 16.3. The highest BCUT2D eigenvalue weighted by Crippen LogP contribution is 2.34. The summed E-state index contributed by atoms with van der Waals surface area (Å²) in [6, 6.07) is -2.98. The molecule has 3 rings (SSSR count). The second-order valence-electron chi connectivity index (χ2n) is 12.6. The third-order valence-electron chi connectivity index (χ3n) is 7.62. The summed E-state index contributed by atoms with van der Waals surface area (Å²) in [4.78, 5) is 107. The maximum Gasteiger partial charge on any atom is 0.417 e. The van der Waals surface area contributed by atoms with E-state index in [2.05, 4.69) is 36.6 Å². The van der Waals surface area contributed by atoms with Crippen LogP contribution in [-0.2, 0) is 46.2 Å². The molecule has 0 spiro atoms. The highest BCUT2D eigenvalue weighted by Gasteiger charge is 2.35. The minimum absolute atomic E-state index is 0.0819. The average Bonchev–Trinajstić information content (AvgIpc) is 3.57. The second-order valence-corrected chi connectivity index (χ2v) is 12.6. The van der Waals surface area contributed by atoms with Crippen LogP contribution in [0.4, 0.5) is 18.9 Å². The number of H-pyrrole nitrogens is 1. The molecule has 0 aliphatic carbocycles. The predicted octanol–water partition coefficient (Wildman–Crippen LogP) is 1.06. The SMILES string of the molecule is CC(=O)N[C@H](CC(C)C)C(=O)N[C@H](CCC(=O)O)C(=O)N[C@H](Cc1cnc[nH]1)C(=O)N[C@@H](CC(=O)O)C(=O)Nc1ccc2c(C(F)(F)F)cc(=O)oc2c1. The Hall–Kier alpha value is -6.28. The molecule has 0 radical (unpaired) electrons. The van der Waals surface area contributed by atoms with Crippen molar-refractivity contribution >= 4 is 58.1 Å². The standard InChI is InChI=1S/C33H38F3N7O11/c1-15(2)8-22(39-16(3)44)31(52)41-21(6-7-26(45)46)29(50)42-23(9-18-13-37-14-38-18)32(53)43-24(12-27(47)48)30(51)40-17-4-5-19-20(33(34,35)36)11-28(49)54-25(19)10-17/h4-5,10-11,13-15,21-24H,6-9,12H2,1-3H3,(H,37,38)(H,39,44)(H,40,51)(H,41,52)(H,42,50)(H,43,53)(H,45,46)(H,47,48)/t21-,22-,23-,24+/m1/s1. The fraction of sp³-hybridized carbons (Fsp3) is 0.424. The third kappa shape index (κ3) is 12.7. The van der Waals surface area contributed by atoms with Crippen molar-refractivity contribution < 1.29 is 61.4 Å². The molecule has 0 aliphatic heterocycles. The number of aliphatic carboxylic acids is 2. The van der Waals surface area contributed by atoms with Gasteiger partial charge in [-0.05, 0) is 30.9 Å². The molecule has 21 heteroatoms. The number of aromatic amines is 1. The number of carbonyl (C=O) groups is 7. The number of rotatable bonds is 18. The van der Waals surface area contributed by atoms with Gasteiger partial charge in [-0.1, -0.05) is 13.8 Å². The van der Waals surface area contributed by atoms with Crippen molar-refractivity contribution in [2.45, 2.75) is 83.2 Å². The zero-order chi connectivity index (χ0) is 40.3. The molecule has 1 aromatic carbocycles. The molecule has 0 bridgehead atoms. The van der Waals surface area contributed by atoms with Crippen molar-refractivity contribution in [3.8, 4) is 0 Å². The maximum atomic E-state index is 13.6. The van der Waals surface area contributed by atoms with Crippen LogP contribution >= 0.6 is 0 Å². The number of amides is 5. The van der Waals surface area contributed by atoms with Gasteiger partial charge in [-0.2, -0.15) is 13.2 Å². The van der Waals surface area contributed by atoms with E-state index in [9.17, 15) is 61.7 Å². The Bertz CT molecular complexity index is 1930. The molecule has 0 aliphatic rings. The minimum atomic E-state index is -4.91. The zero-order valence-corrected chi connectivity index (χ0v) is 29.0.